The van der Waals surface area contributed by atoms with Gasteiger partial charge in [0.15, 0.2) is 5.54 Å². The number of anilines is 2. The Kier molecular flexibility index (Phi) is 7.01. The fraction of sp³-hybridized carbons (Fsp3) is 0.250. The molecule has 0 aliphatic carbocycles. The van der Waals surface area contributed by atoms with E-state index in [-0.39, 0.29) is 6.42 Å². The van der Waals surface area contributed by atoms with E-state index >= 15 is 0 Å². The minimum absolute atomic E-state index is 0.0660. The van der Waals surface area contributed by atoms with E-state index in [1.807, 2.05) is 12.1 Å². The molecule has 0 heterocycles. The molecule has 0 aliphatic heterocycles. The number of thiol groups is 1. The normalized spacial score (nSPS) is 12.0. The SMILES string of the molecule is CCC(NC(=O)C(C)S)(C(=O)Nc1ccccc1)C(=O)Nc1ccccc1. The molecule has 2 aromatic carbocycles. The Morgan fingerprint density at radius 3 is 1.63 bits per heavy atom. The van der Waals surface area contributed by atoms with Gasteiger partial charge in [-0.2, -0.15) is 12.6 Å². The van der Waals surface area contributed by atoms with Gasteiger partial charge in [-0.25, -0.2) is 0 Å². The van der Waals surface area contributed by atoms with Gasteiger partial charge in [-0.3, -0.25) is 14.4 Å². The summed E-state index contributed by atoms with van der Waals surface area (Å²) >= 11 is 4.10. The zero-order valence-electron chi connectivity index (χ0n) is 15.2. The van der Waals surface area contributed by atoms with Crippen molar-refractivity contribution in [3.63, 3.8) is 0 Å². The van der Waals surface area contributed by atoms with E-state index in [1.165, 1.54) is 0 Å². The molecule has 0 fully saturated rings. The quantitative estimate of drug-likeness (QED) is 0.437. The largest absolute Gasteiger partial charge is 0.333 e. The van der Waals surface area contributed by atoms with Crippen LogP contribution in [0, 0.1) is 0 Å². The molecule has 0 spiro atoms. The third-order valence-corrected chi connectivity index (χ3v) is 4.32. The third kappa shape index (κ3) is 5.10. The van der Waals surface area contributed by atoms with Crippen LogP contribution in [-0.4, -0.2) is 28.5 Å². The molecule has 2 aromatic rings. The molecule has 2 rings (SSSR count). The summed E-state index contributed by atoms with van der Waals surface area (Å²) in [5.74, 6) is -1.74. The maximum atomic E-state index is 13.0. The molecule has 3 N–H and O–H groups in total. The number of hydrogen-bond acceptors (Lipinski definition) is 4. The monoisotopic (exact) mass is 385 g/mol. The molecule has 0 bridgehead atoms. The number of hydrogen-bond donors (Lipinski definition) is 4. The van der Waals surface area contributed by atoms with E-state index in [9.17, 15) is 14.4 Å². The Balaban J connectivity index is 2.34. The van der Waals surface area contributed by atoms with Crippen molar-refractivity contribution < 1.29 is 14.4 Å². The summed E-state index contributed by atoms with van der Waals surface area (Å²) in [4.78, 5) is 38.4. The highest BCUT2D eigenvalue weighted by Crippen LogP contribution is 2.19. The van der Waals surface area contributed by atoms with Crippen LogP contribution in [0.5, 0.6) is 0 Å². The van der Waals surface area contributed by atoms with E-state index in [0.29, 0.717) is 11.4 Å². The fourth-order valence-corrected chi connectivity index (χ4v) is 2.52. The van der Waals surface area contributed by atoms with Crippen molar-refractivity contribution in [3.8, 4) is 0 Å². The standard InChI is InChI=1S/C20H23N3O3S/c1-3-20(23-17(24)14(2)27,18(25)21-15-10-6-4-7-11-15)19(26)22-16-12-8-5-9-13-16/h4-14,27H,3H2,1-2H3,(H,21,25)(H,22,26)(H,23,24). The van der Waals surface area contributed by atoms with Crippen LogP contribution in [0.4, 0.5) is 11.4 Å². The molecule has 0 radical (unpaired) electrons. The number of rotatable bonds is 7. The van der Waals surface area contributed by atoms with Gasteiger partial charge >= 0.3 is 0 Å². The molecule has 0 saturated carbocycles. The van der Waals surface area contributed by atoms with Crippen molar-refractivity contribution in [1.29, 1.82) is 0 Å². The second-order valence-electron chi connectivity index (χ2n) is 6.06. The molecule has 1 unspecified atom stereocenters. The average Bonchev–Trinajstić information content (AvgIpc) is 2.67. The fourth-order valence-electron chi connectivity index (χ4n) is 2.46. The van der Waals surface area contributed by atoms with Crippen molar-refractivity contribution in [2.24, 2.45) is 0 Å². The predicted octanol–water partition coefficient (Wildman–Crippen LogP) is 2.85. The number of carbonyl (C=O) groups excluding carboxylic acids is 3. The summed E-state index contributed by atoms with van der Waals surface area (Å²) in [5, 5.41) is 7.31. The zero-order valence-corrected chi connectivity index (χ0v) is 16.1. The number of nitrogens with one attached hydrogen (secondary N) is 3. The van der Waals surface area contributed by atoms with Crippen molar-refractivity contribution in [3.05, 3.63) is 60.7 Å². The van der Waals surface area contributed by atoms with Gasteiger partial charge in [-0.1, -0.05) is 43.3 Å². The van der Waals surface area contributed by atoms with Crippen LogP contribution in [0.1, 0.15) is 20.3 Å². The van der Waals surface area contributed by atoms with Gasteiger partial charge in [0.05, 0.1) is 5.25 Å². The van der Waals surface area contributed by atoms with Crippen molar-refractivity contribution in [2.75, 3.05) is 10.6 Å². The van der Waals surface area contributed by atoms with E-state index in [1.54, 1.807) is 62.4 Å². The van der Waals surface area contributed by atoms with Crippen LogP contribution in [-0.2, 0) is 14.4 Å². The molecule has 0 aromatic heterocycles. The second kappa shape index (κ2) is 9.23. The first-order chi connectivity index (χ1) is 12.9. The minimum atomic E-state index is -1.78. The lowest BCUT2D eigenvalue weighted by Crippen LogP contribution is -2.64. The lowest BCUT2D eigenvalue weighted by Gasteiger charge is -2.31. The minimum Gasteiger partial charge on any atom is -0.333 e. The molecule has 27 heavy (non-hydrogen) atoms. The van der Waals surface area contributed by atoms with Crippen LogP contribution in [0.15, 0.2) is 60.7 Å². The molecular weight excluding hydrogens is 362 g/mol. The Morgan fingerprint density at radius 1 is 0.889 bits per heavy atom. The van der Waals surface area contributed by atoms with Crippen LogP contribution < -0.4 is 16.0 Å². The Morgan fingerprint density at radius 2 is 1.30 bits per heavy atom. The number of para-hydroxylation sites is 2. The van der Waals surface area contributed by atoms with Crippen LogP contribution >= 0.6 is 12.6 Å². The summed E-state index contributed by atoms with van der Waals surface area (Å²) < 4.78 is 0. The van der Waals surface area contributed by atoms with Crippen molar-refractivity contribution in [2.45, 2.75) is 31.1 Å². The molecule has 1 atom stereocenters. The molecule has 6 nitrogen and oxygen atoms in total. The Labute approximate surface area is 164 Å². The summed E-state index contributed by atoms with van der Waals surface area (Å²) in [7, 11) is 0. The molecule has 3 amide bonds. The maximum absolute atomic E-state index is 13.0. The summed E-state index contributed by atoms with van der Waals surface area (Å²) in [6.07, 6.45) is 0.0660. The smallest absolute Gasteiger partial charge is 0.259 e. The summed E-state index contributed by atoms with van der Waals surface area (Å²) in [6, 6.07) is 17.5. The van der Waals surface area contributed by atoms with Gasteiger partial charge in [0.1, 0.15) is 0 Å². The van der Waals surface area contributed by atoms with Crippen molar-refractivity contribution in [1.82, 2.24) is 5.32 Å². The molecule has 142 valence electrons. The van der Waals surface area contributed by atoms with Gasteiger partial charge in [-0.05, 0) is 37.6 Å². The highest BCUT2D eigenvalue weighted by atomic mass is 32.1. The van der Waals surface area contributed by atoms with Gasteiger partial charge < -0.3 is 16.0 Å². The zero-order chi connectivity index (χ0) is 19.9. The van der Waals surface area contributed by atoms with Crippen LogP contribution in [0.2, 0.25) is 0 Å². The highest BCUT2D eigenvalue weighted by molar-refractivity contribution is 7.81. The van der Waals surface area contributed by atoms with E-state index in [0.717, 1.165) is 0 Å². The second-order valence-corrected chi connectivity index (χ2v) is 6.84. The topological polar surface area (TPSA) is 87.3 Å². The molecule has 0 saturated heterocycles. The maximum Gasteiger partial charge on any atom is 0.259 e. The van der Waals surface area contributed by atoms with Crippen molar-refractivity contribution >= 4 is 41.7 Å². The predicted molar refractivity (Wildman–Crippen MR) is 110 cm³/mol. The lowest BCUT2D eigenvalue weighted by atomic mass is 9.92. The highest BCUT2D eigenvalue weighted by Gasteiger charge is 2.46. The molecule has 0 aliphatic rings. The summed E-state index contributed by atoms with van der Waals surface area (Å²) in [6.45, 7) is 3.24. The third-order valence-electron chi connectivity index (χ3n) is 4.08. The molecule has 7 heteroatoms. The summed E-state index contributed by atoms with van der Waals surface area (Å²) in [5.41, 5.74) is -0.721. The lowest BCUT2D eigenvalue weighted by molar-refractivity contribution is -0.138. The Hall–Kier alpha value is -2.80. The first kappa shape index (κ1) is 20.5. The first-order valence-corrected chi connectivity index (χ1v) is 9.14. The molecular formula is C20H23N3O3S. The number of carbonyl (C=O) groups is 3. The average molecular weight is 385 g/mol. The van der Waals surface area contributed by atoms with E-state index in [2.05, 4.69) is 28.6 Å². The first-order valence-electron chi connectivity index (χ1n) is 8.62. The van der Waals surface area contributed by atoms with Gasteiger partial charge in [-0.15, -0.1) is 0 Å². The number of benzene rings is 2. The van der Waals surface area contributed by atoms with E-state index in [4.69, 9.17) is 0 Å². The van der Waals surface area contributed by atoms with Gasteiger partial charge in [0, 0.05) is 11.4 Å². The van der Waals surface area contributed by atoms with Crippen LogP contribution in [0.3, 0.4) is 0 Å². The van der Waals surface area contributed by atoms with Crippen LogP contribution in [0.25, 0.3) is 0 Å². The van der Waals surface area contributed by atoms with Gasteiger partial charge in [0.25, 0.3) is 11.8 Å². The number of amides is 3. The van der Waals surface area contributed by atoms with Gasteiger partial charge in [0.2, 0.25) is 5.91 Å². The Bertz CT molecular complexity index is 741. The van der Waals surface area contributed by atoms with E-state index < -0.39 is 28.5 Å².